The molecule has 128 valence electrons. The minimum absolute atomic E-state index is 0.139. The predicted octanol–water partition coefficient (Wildman–Crippen LogP) is 3.00. The van der Waals surface area contributed by atoms with Crippen LogP contribution in [0.3, 0.4) is 0 Å². The van der Waals surface area contributed by atoms with Crippen LogP contribution in [0.25, 0.3) is 15.9 Å². The molecule has 0 unspecified atom stereocenters. The fourth-order valence-electron chi connectivity index (χ4n) is 2.66. The second-order valence-electron chi connectivity index (χ2n) is 5.53. The number of fused-ring (bicyclic) bond motifs is 3. The zero-order valence-corrected chi connectivity index (χ0v) is 16.0. The Balaban J connectivity index is 1.89. The quantitative estimate of drug-likeness (QED) is 0.473. The highest BCUT2D eigenvalue weighted by Gasteiger charge is 2.22. The van der Waals surface area contributed by atoms with Gasteiger partial charge < -0.3 is 4.74 Å². The Morgan fingerprint density at radius 1 is 1.44 bits per heavy atom. The van der Waals surface area contributed by atoms with Gasteiger partial charge in [0.1, 0.15) is 22.1 Å². The normalized spacial score (nSPS) is 12.8. The molecule has 0 aromatic carbocycles. The van der Waals surface area contributed by atoms with E-state index in [4.69, 9.17) is 4.74 Å². The van der Waals surface area contributed by atoms with Crippen LogP contribution in [0.15, 0.2) is 23.2 Å². The topological polar surface area (TPSA) is 87.2 Å². The number of aromatic nitrogens is 6. The third-order valence-corrected chi connectivity index (χ3v) is 5.58. The minimum Gasteiger partial charge on any atom is -0.465 e. The maximum absolute atomic E-state index is 11.9. The molecule has 0 saturated carbocycles. The highest BCUT2D eigenvalue weighted by molar-refractivity contribution is 9.10. The summed E-state index contributed by atoms with van der Waals surface area (Å²) < 4.78 is 9.15. The van der Waals surface area contributed by atoms with Gasteiger partial charge in [-0.1, -0.05) is 0 Å². The van der Waals surface area contributed by atoms with E-state index >= 15 is 0 Å². The van der Waals surface area contributed by atoms with Gasteiger partial charge in [0.05, 0.1) is 23.2 Å². The van der Waals surface area contributed by atoms with E-state index < -0.39 is 0 Å². The molecule has 4 aromatic rings. The third kappa shape index (κ3) is 2.52. The monoisotopic (exact) mass is 420 g/mol. The first-order chi connectivity index (χ1) is 12.0. The second-order valence-corrected chi connectivity index (χ2v) is 7.44. The van der Waals surface area contributed by atoms with Crippen molar-refractivity contribution in [2.75, 3.05) is 7.11 Å². The molecule has 0 N–H and O–H groups in total. The van der Waals surface area contributed by atoms with Crippen LogP contribution in [0.1, 0.15) is 34.0 Å². The smallest absolute Gasteiger partial charge is 0.348 e. The van der Waals surface area contributed by atoms with Crippen LogP contribution < -0.4 is 0 Å². The third-order valence-electron chi connectivity index (χ3n) is 4.00. The summed E-state index contributed by atoms with van der Waals surface area (Å²) in [5.41, 5.74) is 1.47. The van der Waals surface area contributed by atoms with Gasteiger partial charge in [-0.3, -0.25) is 4.68 Å². The molecule has 4 heterocycles. The van der Waals surface area contributed by atoms with E-state index in [0.29, 0.717) is 16.3 Å². The van der Waals surface area contributed by atoms with E-state index in [9.17, 15) is 4.79 Å². The number of carbonyl (C=O) groups excluding carboxylic acids is 1. The summed E-state index contributed by atoms with van der Waals surface area (Å²) in [5.74, 6) is 0.253. The second kappa shape index (κ2) is 5.88. The summed E-state index contributed by atoms with van der Waals surface area (Å²) >= 11 is 4.69. The van der Waals surface area contributed by atoms with Gasteiger partial charge >= 0.3 is 5.97 Å². The van der Waals surface area contributed by atoms with Crippen LogP contribution in [0.5, 0.6) is 0 Å². The molecule has 4 rings (SSSR count). The first-order valence-corrected chi connectivity index (χ1v) is 9.03. The molecule has 0 radical (unpaired) electrons. The molecule has 0 bridgehead atoms. The highest BCUT2D eigenvalue weighted by atomic mass is 79.9. The van der Waals surface area contributed by atoms with Gasteiger partial charge in [-0.15, -0.1) is 16.4 Å². The molecule has 0 fully saturated rings. The van der Waals surface area contributed by atoms with Crippen molar-refractivity contribution < 1.29 is 9.53 Å². The highest BCUT2D eigenvalue weighted by Crippen LogP contribution is 2.32. The van der Waals surface area contributed by atoms with Gasteiger partial charge in [0.25, 0.3) is 0 Å². The van der Waals surface area contributed by atoms with Gasteiger partial charge in [0.15, 0.2) is 11.5 Å². The lowest BCUT2D eigenvalue weighted by Crippen LogP contribution is -2.09. The van der Waals surface area contributed by atoms with Crippen LogP contribution in [-0.2, 0) is 4.74 Å². The standard InChI is InChI=1S/C15H13BrN6O2S/c1-7-10-13-19-12(8(2)21-5-9(16)4-18-21)20-22(13)6-17-14(10)25-11(7)15(23)24-3/h4-6,8H,1-3H3/t8-/m1/s1. The van der Waals surface area contributed by atoms with E-state index in [2.05, 4.69) is 36.1 Å². The van der Waals surface area contributed by atoms with E-state index in [-0.39, 0.29) is 12.0 Å². The molecule has 0 aliphatic heterocycles. The number of halogens is 1. The lowest BCUT2D eigenvalue weighted by Gasteiger charge is -2.06. The van der Waals surface area contributed by atoms with Crippen molar-refractivity contribution in [2.24, 2.45) is 0 Å². The lowest BCUT2D eigenvalue weighted by molar-refractivity contribution is 0.0605. The Kier molecular flexibility index (Phi) is 3.80. The van der Waals surface area contributed by atoms with Crippen molar-refractivity contribution in [3.63, 3.8) is 0 Å². The molecule has 1 atom stereocenters. The Hall–Kier alpha value is -2.33. The maximum atomic E-state index is 11.9. The van der Waals surface area contributed by atoms with Crippen LogP contribution in [0, 0.1) is 6.92 Å². The Morgan fingerprint density at radius 2 is 2.24 bits per heavy atom. The fourth-order valence-corrected chi connectivity index (χ4v) is 4.02. The number of methoxy groups -OCH3 is 1. The van der Waals surface area contributed by atoms with Gasteiger partial charge in [-0.05, 0) is 35.3 Å². The minimum atomic E-state index is -0.367. The largest absolute Gasteiger partial charge is 0.465 e. The average molecular weight is 421 g/mol. The van der Waals surface area contributed by atoms with Crippen LogP contribution in [-0.4, -0.2) is 42.4 Å². The Bertz CT molecular complexity index is 1110. The summed E-state index contributed by atoms with van der Waals surface area (Å²) in [6, 6.07) is -0.139. The number of carbonyl (C=O) groups is 1. The van der Waals surface area contributed by atoms with Crippen molar-refractivity contribution in [3.05, 3.63) is 39.5 Å². The number of esters is 1. The van der Waals surface area contributed by atoms with Crippen LogP contribution in [0.2, 0.25) is 0 Å². The zero-order valence-electron chi connectivity index (χ0n) is 13.6. The van der Waals surface area contributed by atoms with Gasteiger partial charge in [-0.25, -0.2) is 19.3 Å². The molecule has 8 nitrogen and oxygen atoms in total. The van der Waals surface area contributed by atoms with Gasteiger partial charge in [0, 0.05) is 6.20 Å². The number of rotatable bonds is 3. The summed E-state index contributed by atoms with van der Waals surface area (Å²) in [6.07, 6.45) is 5.20. The Labute approximate surface area is 154 Å². The number of aryl methyl sites for hydroxylation is 1. The van der Waals surface area contributed by atoms with Crippen LogP contribution in [0.4, 0.5) is 0 Å². The van der Waals surface area contributed by atoms with Gasteiger partial charge in [-0.2, -0.15) is 5.10 Å². The maximum Gasteiger partial charge on any atom is 0.348 e. The summed E-state index contributed by atoms with van der Waals surface area (Å²) in [5, 5.41) is 9.63. The van der Waals surface area contributed by atoms with Crippen molar-refractivity contribution in [1.29, 1.82) is 0 Å². The molecule has 0 spiro atoms. The molecule has 4 aromatic heterocycles. The van der Waals surface area contributed by atoms with E-state index in [1.807, 2.05) is 20.0 Å². The van der Waals surface area contributed by atoms with Crippen molar-refractivity contribution in [2.45, 2.75) is 19.9 Å². The van der Waals surface area contributed by atoms with E-state index in [1.165, 1.54) is 18.4 Å². The lowest BCUT2D eigenvalue weighted by atomic mass is 10.2. The predicted molar refractivity (Wildman–Crippen MR) is 96.0 cm³/mol. The number of thiophene rings is 1. The first-order valence-electron chi connectivity index (χ1n) is 7.42. The summed E-state index contributed by atoms with van der Waals surface area (Å²) in [4.78, 5) is 22.3. The molecule has 0 amide bonds. The van der Waals surface area contributed by atoms with Crippen molar-refractivity contribution in [1.82, 2.24) is 29.4 Å². The molecule has 0 aliphatic rings. The van der Waals surface area contributed by atoms with Crippen molar-refractivity contribution in [3.8, 4) is 0 Å². The van der Waals surface area contributed by atoms with Crippen LogP contribution >= 0.6 is 27.3 Å². The number of hydrogen-bond acceptors (Lipinski definition) is 7. The van der Waals surface area contributed by atoms with E-state index in [0.717, 1.165) is 20.3 Å². The molecule has 0 aliphatic carbocycles. The number of hydrogen-bond donors (Lipinski definition) is 0. The molecular formula is C15H13BrN6O2S. The Morgan fingerprint density at radius 3 is 2.92 bits per heavy atom. The summed E-state index contributed by atoms with van der Waals surface area (Å²) in [7, 11) is 1.37. The molecule has 25 heavy (non-hydrogen) atoms. The summed E-state index contributed by atoms with van der Waals surface area (Å²) in [6.45, 7) is 3.84. The number of ether oxygens (including phenoxy) is 1. The van der Waals surface area contributed by atoms with Gasteiger partial charge in [0.2, 0.25) is 0 Å². The number of nitrogens with zero attached hydrogens (tertiary/aromatic N) is 6. The SMILES string of the molecule is COC(=O)c1sc2ncn3nc([C@@H](C)n4cc(Br)cn4)nc3c2c1C. The molecular weight excluding hydrogens is 408 g/mol. The van der Waals surface area contributed by atoms with Crippen molar-refractivity contribution >= 4 is 49.1 Å². The fraction of sp³-hybridized carbons (Fsp3) is 0.267. The van der Waals surface area contributed by atoms with E-state index in [1.54, 1.807) is 21.7 Å². The average Bonchev–Trinajstić information content (AvgIpc) is 3.30. The molecule has 0 saturated heterocycles. The first kappa shape index (κ1) is 16.2. The zero-order chi connectivity index (χ0) is 17.7. The molecule has 10 heteroatoms.